The van der Waals surface area contributed by atoms with Crippen molar-refractivity contribution in [1.82, 2.24) is 0 Å². The molecule has 2 heteroatoms. The fourth-order valence-corrected chi connectivity index (χ4v) is 9.49. The number of hydrogen-bond acceptors (Lipinski definition) is 2. The molecule has 0 aromatic heterocycles. The summed E-state index contributed by atoms with van der Waals surface area (Å²) in [4.78, 5) is 24.6. The van der Waals surface area contributed by atoms with Crippen LogP contribution >= 0.6 is 0 Å². The number of hydrogen-bond donors (Lipinski definition) is 0. The Morgan fingerprint density at radius 3 is 1.17 bits per heavy atom. The van der Waals surface area contributed by atoms with Crippen LogP contribution in [0.1, 0.15) is 266 Å². The number of unbranched alkanes of at least 4 members (excludes halogenated alkanes) is 17. The lowest BCUT2D eigenvalue weighted by atomic mass is 9.87. The minimum absolute atomic E-state index is 0.343. The van der Waals surface area contributed by atoms with Gasteiger partial charge in [-0.1, -0.05) is 199 Å². The maximum absolute atomic E-state index is 12.3. The Bertz CT molecular complexity index is 1420. The van der Waals surface area contributed by atoms with Gasteiger partial charge < -0.3 is 0 Å². The van der Waals surface area contributed by atoms with Crippen molar-refractivity contribution >= 4 is 11.6 Å². The van der Waals surface area contributed by atoms with Crippen molar-refractivity contribution in [2.24, 2.45) is 16.7 Å². The molecule has 372 valence electrons. The third kappa shape index (κ3) is 31.9. The average molecular weight is 906 g/mol. The number of Topliss-reactive ketones (excluding diaryl/α,β-unsaturated/α-hetero) is 2. The van der Waals surface area contributed by atoms with Gasteiger partial charge in [0, 0.05) is 36.5 Å². The first kappa shape index (κ1) is 59.1. The molecule has 0 spiro atoms. The number of allylic oxidation sites excluding steroid dienone is 17. The highest BCUT2D eigenvalue weighted by Crippen LogP contribution is 2.49. The zero-order valence-corrected chi connectivity index (χ0v) is 44.1. The Morgan fingerprint density at radius 2 is 0.818 bits per heavy atom. The summed E-state index contributed by atoms with van der Waals surface area (Å²) in [6, 6.07) is 0. The van der Waals surface area contributed by atoms with Gasteiger partial charge in [0.15, 0.2) is 0 Å². The van der Waals surface area contributed by atoms with Crippen LogP contribution in [-0.4, -0.2) is 11.6 Å². The summed E-state index contributed by atoms with van der Waals surface area (Å²) >= 11 is 0. The van der Waals surface area contributed by atoms with Gasteiger partial charge in [0.1, 0.15) is 11.6 Å². The third-order valence-electron chi connectivity index (χ3n) is 14.4. The van der Waals surface area contributed by atoms with E-state index in [4.69, 9.17) is 0 Å². The Labute approximate surface area is 410 Å². The Balaban J connectivity index is 1.49. The van der Waals surface area contributed by atoms with Crippen molar-refractivity contribution in [3.8, 4) is 0 Å². The van der Waals surface area contributed by atoms with Gasteiger partial charge in [-0.25, -0.2) is 0 Å². The Hall–Kier alpha value is -3.00. The lowest BCUT2D eigenvalue weighted by Gasteiger charge is -2.18. The van der Waals surface area contributed by atoms with E-state index in [1.54, 1.807) is 0 Å². The van der Waals surface area contributed by atoms with Crippen molar-refractivity contribution < 1.29 is 9.59 Å². The highest BCUT2D eigenvalue weighted by atomic mass is 16.1. The van der Waals surface area contributed by atoms with Gasteiger partial charge in [-0.05, 0) is 156 Å². The van der Waals surface area contributed by atoms with E-state index in [9.17, 15) is 9.59 Å². The first-order chi connectivity index (χ1) is 32.2. The molecule has 0 aromatic rings. The first-order valence-corrected chi connectivity index (χ1v) is 28.2. The van der Waals surface area contributed by atoms with Gasteiger partial charge in [0.2, 0.25) is 0 Å². The summed E-state index contributed by atoms with van der Waals surface area (Å²) in [5.74, 6) is 1.66. The van der Waals surface area contributed by atoms with E-state index >= 15 is 0 Å². The molecule has 2 aliphatic rings. The van der Waals surface area contributed by atoms with Gasteiger partial charge in [0.25, 0.3) is 0 Å². The van der Waals surface area contributed by atoms with Crippen LogP contribution in [0.15, 0.2) is 108 Å². The summed E-state index contributed by atoms with van der Waals surface area (Å²) in [5, 5.41) is 0. The zero-order chi connectivity index (χ0) is 47.8. The van der Waals surface area contributed by atoms with Crippen molar-refractivity contribution in [3.63, 3.8) is 0 Å². The first-order valence-electron chi connectivity index (χ1n) is 28.2. The second-order valence-corrected chi connectivity index (χ2v) is 20.7. The molecule has 0 radical (unpaired) electrons. The van der Waals surface area contributed by atoms with E-state index in [0.29, 0.717) is 35.2 Å². The summed E-state index contributed by atoms with van der Waals surface area (Å²) in [5.41, 5.74) is 4.72. The van der Waals surface area contributed by atoms with Crippen molar-refractivity contribution in [2.45, 2.75) is 266 Å². The molecular weight excluding hydrogens is 801 g/mol. The van der Waals surface area contributed by atoms with E-state index < -0.39 is 0 Å². The van der Waals surface area contributed by atoms with Crippen molar-refractivity contribution in [2.75, 3.05) is 0 Å². The largest absolute Gasteiger partial charge is 0.300 e. The van der Waals surface area contributed by atoms with Gasteiger partial charge in [0.05, 0.1) is 0 Å². The molecule has 2 aliphatic carbocycles. The monoisotopic (exact) mass is 905 g/mol. The fourth-order valence-electron chi connectivity index (χ4n) is 9.49. The third-order valence-corrected chi connectivity index (χ3v) is 14.4. The molecule has 0 N–H and O–H groups in total. The van der Waals surface area contributed by atoms with E-state index in [2.05, 4.69) is 112 Å². The maximum Gasteiger partial charge on any atom is 0.133 e. The predicted octanol–water partition coefficient (Wildman–Crippen LogP) is 20.6. The minimum Gasteiger partial charge on any atom is -0.300 e. The molecule has 0 aromatic carbocycles. The van der Waals surface area contributed by atoms with Crippen LogP contribution in [0.3, 0.4) is 0 Å². The summed E-state index contributed by atoms with van der Waals surface area (Å²) in [6.07, 6.45) is 75.2. The molecule has 2 rings (SSSR count). The SMILES string of the molecule is C=C(CCCC)CC(CCCCCCCC/C=C\C1(/C=C\CCCCC(=O)CCC(/C=C\C)=C/C)CC1)CCCCCCCC/C=C\C1(/C=C\CCCCC(=O)CCC(/C=C\C)=C/C)CC1. The fraction of sp³-hybridized carbons (Fsp3) is 0.688. The lowest BCUT2D eigenvalue weighted by Crippen LogP contribution is -2.03. The standard InChI is InChI=1S/C64H104O2/c1-7-12-39-57(6)56-60(40-29-21-17-13-15-19-25-33-48-63(52-53-63)50-35-27-23-31-42-61(65)46-44-58(10-4)37-8-2)41-30-22-18-14-16-20-26-34-49-64(54-55-64)51-36-28-24-32-43-62(66)47-45-59(11-5)38-9-3/h8-11,33-38,48-51,60H,6-7,12-32,39-47,52-56H2,1-5H3/b37-8-,38-9-,48-33-,49-34-,50-35-,51-36-,58-10+,59-11+. The quantitative estimate of drug-likeness (QED) is 0.0347. The summed E-state index contributed by atoms with van der Waals surface area (Å²) < 4.78 is 0. The molecule has 2 saturated carbocycles. The molecule has 0 atom stereocenters. The zero-order valence-electron chi connectivity index (χ0n) is 44.1. The van der Waals surface area contributed by atoms with Crippen LogP contribution in [0.5, 0.6) is 0 Å². The molecule has 2 nitrogen and oxygen atoms in total. The molecule has 0 aliphatic heterocycles. The second-order valence-electron chi connectivity index (χ2n) is 20.7. The van der Waals surface area contributed by atoms with E-state index in [1.807, 2.05) is 13.8 Å². The van der Waals surface area contributed by atoms with Crippen LogP contribution in [0.4, 0.5) is 0 Å². The van der Waals surface area contributed by atoms with Gasteiger partial charge in [-0.2, -0.15) is 0 Å². The molecule has 0 heterocycles. The van der Waals surface area contributed by atoms with Crippen molar-refractivity contribution in [1.29, 1.82) is 0 Å². The van der Waals surface area contributed by atoms with Crippen LogP contribution in [0.2, 0.25) is 0 Å². The molecule has 0 saturated heterocycles. The molecule has 0 bridgehead atoms. The van der Waals surface area contributed by atoms with Crippen molar-refractivity contribution in [3.05, 3.63) is 108 Å². The highest BCUT2D eigenvalue weighted by molar-refractivity contribution is 5.79. The van der Waals surface area contributed by atoms with Crippen LogP contribution in [0, 0.1) is 16.7 Å². The van der Waals surface area contributed by atoms with E-state index in [0.717, 1.165) is 70.1 Å². The molecule has 0 amide bonds. The topological polar surface area (TPSA) is 34.1 Å². The number of ketones is 2. The highest BCUT2D eigenvalue weighted by Gasteiger charge is 2.37. The van der Waals surface area contributed by atoms with Gasteiger partial charge in [-0.3, -0.25) is 9.59 Å². The summed E-state index contributed by atoms with van der Waals surface area (Å²) in [7, 11) is 0. The lowest BCUT2D eigenvalue weighted by molar-refractivity contribution is -0.119. The Kier molecular flexibility index (Phi) is 34.9. The predicted molar refractivity (Wildman–Crippen MR) is 293 cm³/mol. The number of carbonyl (C=O) groups is 2. The maximum atomic E-state index is 12.3. The molecular formula is C64H104O2. The van der Waals surface area contributed by atoms with E-state index in [-0.39, 0.29) is 0 Å². The Morgan fingerprint density at radius 1 is 0.455 bits per heavy atom. The summed E-state index contributed by atoms with van der Waals surface area (Å²) in [6.45, 7) is 15.0. The molecule has 66 heavy (non-hydrogen) atoms. The number of rotatable bonds is 45. The van der Waals surface area contributed by atoms with Gasteiger partial charge >= 0.3 is 0 Å². The van der Waals surface area contributed by atoms with Gasteiger partial charge in [-0.15, -0.1) is 0 Å². The smallest absolute Gasteiger partial charge is 0.133 e. The average Bonchev–Trinajstić information content (AvgIpc) is 4.26. The van der Waals surface area contributed by atoms with E-state index in [1.165, 1.54) is 171 Å². The van der Waals surface area contributed by atoms with Crippen LogP contribution in [-0.2, 0) is 9.59 Å². The molecule has 0 unspecified atom stereocenters. The van der Waals surface area contributed by atoms with Crippen LogP contribution < -0.4 is 0 Å². The minimum atomic E-state index is 0.343. The normalized spacial score (nSPS) is 16.2. The van der Waals surface area contributed by atoms with Crippen LogP contribution in [0.25, 0.3) is 0 Å². The molecule has 2 fully saturated rings. The second kappa shape index (κ2) is 38.9. The number of carbonyl (C=O) groups excluding carboxylic acids is 2.